The van der Waals surface area contributed by atoms with Crippen LogP contribution in [0.15, 0.2) is 0 Å². The van der Waals surface area contributed by atoms with Crippen molar-refractivity contribution in [3.05, 3.63) is 0 Å². The van der Waals surface area contributed by atoms with E-state index < -0.39 is 36.2 Å². The number of hydroxylamine groups is 1. The zero-order valence-electron chi connectivity index (χ0n) is 14.6. The molecule has 2 atom stereocenters. The lowest BCUT2D eigenvalue weighted by Gasteiger charge is -2.45. The molecule has 9 nitrogen and oxygen atoms in total. The first-order valence-electron chi connectivity index (χ1n) is 8.33. The second-order valence-corrected chi connectivity index (χ2v) is 6.61. The number of aliphatic hydroxyl groups excluding tert-OH is 1. The average molecular weight is 346 g/mol. The third-order valence-corrected chi connectivity index (χ3v) is 4.63. The monoisotopic (exact) mass is 346 g/mol. The van der Waals surface area contributed by atoms with Gasteiger partial charge in [-0.2, -0.15) is 5.48 Å². The van der Waals surface area contributed by atoms with E-state index in [1.807, 2.05) is 12.4 Å². The van der Waals surface area contributed by atoms with Crippen molar-refractivity contribution in [3.8, 4) is 0 Å². The highest BCUT2D eigenvalue weighted by Gasteiger charge is 2.43. The molecule has 140 valence electrons. The molecule has 1 unspecified atom stereocenters. The fourth-order valence-corrected chi connectivity index (χ4v) is 2.95. The van der Waals surface area contributed by atoms with Crippen molar-refractivity contribution in [2.75, 3.05) is 26.2 Å². The van der Waals surface area contributed by atoms with E-state index in [0.717, 1.165) is 6.54 Å². The van der Waals surface area contributed by atoms with Crippen LogP contribution in [0.2, 0.25) is 0 Å². The highest BCUT2D eigenvalue weighted by molar-refractivity contribution is 5.82. The lowest BCUT2D eigenvalue weighted by atomic mass is 9.84. The molecule has 0 spiro atoms. The van der Waals surface area contributed by atoms with Gasteiger partial charge in [0.15, 0.2) is 0 Å². The largest absolute Gasteiger partial charge is 0.480 e. The molecule has 0 radical (unpaired) electrons. The molecule has 1 fully saturated rings. The third kappa shape index (κ3) is 5.38. The molecule has 24 heavy (non-hydrogen) atoms. The Hall–Kier alpha value is -1.26. The molecule has 6 N–H and O–H groups in total. The minimum absolute atomic E-state index is 0.146. The first kappa shape index (κ1) is 20.8. The summed E-state index contributed by atoms with van der Waals surface area (Å²) in [6.07, 6.45) is -0.226. The molecule has 1 aliphatic heterocycles. The van der Waals surface area contributed by atoms with E-state index in [4.69, 9.17) is 5.11 Å². The Labute approximate surface area is 142 Å². The predicted molar refractivity (Wildman–Crippen MR) is 87.4 cm³/mol. The summed E-state index contributed by atoms with van der Waals surface area (Å²) < 4.78 is 0. The Morgan fingerprint density at radius 1 is 1.25 bits per heavy atom. The van der Waals surface area contributed by atoms with Gasteiger partial charge < -0.3 is 25.6 Å². The van der Waals surface area contributed by atoms with Gasteiger partial charge in [0.2, 0.25) is 5.91 Å². The summed E-state index contributed by atoms with van der Waals surface area (Å²) in [5.74, 6) is -1.65. The number of nitrogens with zero attached hydrogens (tertiary/aromatic N) is 1. The van der Waals surface area contributed by atoms with Gasteiger partial charge in [-0.15, -0.1) is 0 Å². The molecule has 1 heterocycles. The summed E-state index contributed by atoms with van der Waals surface area (Å²) in [5, 5.41) is 33.9. The number of hydrogen-bond acceptors (Lipinski definition) is 7. The Kier molecular flexibility index (Phi) is 8.04. The lowest BCUT2D eigenvalue weighted by molar-refractivity contribution is -0.137. The van der Waals surface area contributed by atoms with Crippen molar-refractivity contribution in [1.82, 2.24) is 21.0 Å². The van der Waals surface area contributed by atoms with Crippen molar-refractivity contribution >= 4 is 11.9 Å². The topological polar surface area (TPSA) is 134 Å². The highest BCUT2D eigenvalue weighted by Crippen LogP contribution is 2.25. The maximum absolute atomic E-state index is 12.5. The first-order valence-corrected chi connectivity index (χ1v) is 8.33. The van der Waals surface area contributed by atoms with Crippen molar-refractivity contribution in [2.24, 2.45) is 5.92 Å². The quantitative estimate of drug-likeness (QED) is 0.230. The number of carbonyl (C=O) groups is 2. The summed E-state index contributed by atoms with van der Waals surface area (Å²) in [6.45, 7) is 7.45. The van der Waals surface area contributed by atoms with Crippen LogP contribution in [-0.2, 0) is 9.59 Å². The maximum atomic E-state index is 12.5. The summed E-state index contributed by atoms with van der Waals surface area (Å²) in [4.78, 5) is 25.4. The highest BCUT2D eigenvalue weighted by atomic mass is 16.5. The number of aliphatic carboxylic acids is 1. The number of carboxylic acids is 1. The van der Waals surface area contributed by atoms with E-state index in [0.29, 0.717) is 25.9 Å². The molecule has 9 heteroatoms. The summed E-state index contributed by atoms with van der Waals surface area (Å²) in [6, 6.07) is -0.808. The molecule has 1 rings (SSSR count). The molecule has 1 aliphatic rings. The number of amides is 1. The second-order valence-electron chi connectivity index (χ2n) is 6.61. The van der Waals surface area contributed by atoms with Gasteiger partial charge >= 0.3 is 5.97 Å². The van der Waals surface area contributed by atoms with E-state index in [1.165, 1.54) is 0 Å². The van der Waals surface area contributed by atoms with Crippen molar-refractivity contribution in [3.63, 3.8) is 0 Å². The SMILES string of the molecule is CCN1CCC(NC(=O)[C@@H](NO)C(C)C)(C(O)NCC(=O)O)CC1. The molecule has 0 bridgehead atoms. The van der Waals surface area contributed by atoms with E-state index in [2.05, 4.69) is 15.5 Å². The number of piperidine rings is 1. The Morgan fingerprint density at radius 2 is 1.83 bits per heavy atom. The van der Waals surface area contributed by atoms with E-state index in [9.17, 15) is 19.9 Å². The molecule has 1 amide bonds. The Morgan fingerprint density at radius 3 is 2.25 bits per heavy atom. The number of carbonyl (C=O) groups excluding carboxylic acids is 1. The number of carboxylic acid groups (broad SMARTS) is 1. The smallest absolute Gasteiger partial charge is 0.317 e. The summed E-state index contributed by atoms with van der Waals surface area (Å²) in [5.41, 5.74) is 1.03. The molecule has 0 aromatic rings. The number of likely N-dealkylation sites (tertiary alicyclic amines) is 1. The number of rotatable bonds is 9. The average Bonchev–Trinajstić information content (AvgIpc) is 2.53. The second kappa shape index (κ2) is 9.28. The standard InChI is InChI=1S/C15H30N4O5/c1-4-19-7-5-15(6-8-19,14(23)16-9-11(20)21)17-13(22)12(18-24)10(2)3/h10,12,14,16,18,23-24H,4-9H2,1-3H3,(H,17,22)(H,20,21)/t12-,14?/m0/s1. The number of hydrogen-bond donors (Lipinski definition) is 6. The van der Waals surface area contributed by atoms with Gasteiger partial charge in [-0.1, -0.05) is 20.8 Å². The fraction of sp³-hybridized carbons (Fsp3) is 0.867. The summed E-state index contributed by atoms with van der Waals surface area (Å²) >= 11 is 0. The van der Waals surface area contributed by atoms with Crippen LogP contribution in [0, 0.1) is 5.92 Å². The lowest BCUT2D eigenvalue weighted by Crippen LogP contribution is -2.67. The van der Waals surface area contributed by atoms with Gasteiger partial charge in [0.1, 0.15) is 12.3 Å². The van der Waals surface area contributed by atoms with Crippen LogP contribution in [0.4, 0.5) is 0 Å². The van der Waals surface area contributed by atoms with Crippen LogP contribution in [0.3, 0.4) is 0 Å². The number of aliphatic hydroxyl groups is 1. The van der Waals surface area contributed by atoms with Crippen LogP contribution in [0.1, 0.15) is 33.6 Å². The molecule has 0 aromatic heterocycles. The van der Waals surface area contributed by atoms with Crippen LogP contribution in [0.25, 0.3) is 0 Å². The molecular formula is C15H30N4O5. The maximum Gasteiger partial charge on any atom is 0.317 e. The Bertz CT molecular complexity index is 424. The molecular weight excluding hydrogens is 316 g/mol. The molecule has 0 saturated carbocycles. The van der Waals surface area contributed by atoms with Crippen LogP contribution in [-0.4, -0.2) is 76.2 Å². The molecule has 0 aliphatic carbocycles. The Balaban J connectivity index is 2.88. The van der Waals surface area contributed by atoms with Crippen molar-refractivity contribution in [2.45, 2.75) is 51.4 Å². The minimum atomic E-state index is -1.19. The zero-order valence-corrected chi connectivity index (χ0v) is 14.6. The summed E-state index contributed by atoms with van der Waals surface area (Å²) in [7, 11) is 0. The third-order valence-electron chi connectivity index (χ3n) is 4.63. The van der Waals surface area contributed by atoms with E-state index >= 15 is 0 Å². The van der Waals surface area contributed by atoms with Crippen LogP contribution < -0.4 is 16.1 Å². The number of nitrogens with one attached hydrogen (secondary N) is 3. The molecule has 0 aromatic carbocycles. The normalized spacial score (nSPS) is 20.6. The first-order chi connectivity index (χ1) is 11.3. The fourth-order valence-electron chi connectivity index (χ4n) is 2.95. The van der Waals surface area contributed by atoms with Crippen molar-refractivity contribution < 1.29 is 25.0 Å². The van der Waals surface area contributed by atoms with E-state index in [-0.39, 0.29) is 5.92 Å². The van der Waals surface area contributed by atoms with Gasteiger partial charge in [0.05, 0.1) is 12.1 Å². The van der Waals surface area contributed by atoms with Gasteiger partial charge in [0.25, 0.3) is 0 Å². The van der Waals surface area contributed by atoms with Crippen LogP contribution in [0.5, 0.6) is 0 Å². The van der Waals surface area contributed by atoms with Gasteiger partial charge in [-0.05, 0) is 25.3 Å². The van der Waals surface area contributed by atoms with Crippen LogP contribution >= 0.6 is 0 Å². The van der Waals surface area contributed by atoms with Gasteiger partial charge in [-0.3, -0.25) is 14.9 Å². The van der Waals surface area contributed by atoms with Gasteiger partial charge in [-0.25, -0.2) is 0 Å². The molecule has 1 saturated heterocycles. The zero-order chi connectivity index (χ0) is 18.3. The van der Waals surface area contributed by atoms with Gasteiger partial charge in [0, 0.05) is 13.1 Å². The minimum Gasteiger partial charge on any atom is -0.480 e. The van der Waals surface area contributed by atoms with E-state index in [1.54, 1.807) is 13.8 Å². The van der Waals surface area contributed by atoms with Crippen molar-refractivity contribution in [1.29, 1.82) is 0 Å². The predicted octanol–water partition coefficient (Wildman–Crippen LogP) is -1.05.